The molecule has 3 heteroatoms. The first-order chi connectivity index (χ1) is 15.8. The van der Waals surface area contributed by atoms with E-state index < -0.39 is 0 Å². The van der Waals surface area contributed by atoms with Gasteiger partial charge in [-0.05, 0) is 91.0 Å². The van der Waals surface area contributed by atoms with Gasteiger partial charge in [0.25, 0.3) is 0 Å². The molecule has 0 amide bonds. The third-order valence-electron chi connectivity index (χ3n) is 8.35. The van der Waals surface area contributed by atoms with Crippen LogP contribution in [0.2, 0.25) is 0 Å². The second-order valence-corrected chi connectivity index (χ2v) is 13.1. The second kappa shape index (κ2) is 7.86. The highest BCUT2D eigenvalue weighted by Crippen LogP contribution is 2.51. The van der Waals surface area contributed by atoms with Crippen molar-refractivity contribution in [3.63, 3.8) is 0 Å². The van der Waals surface area contributed by atoms with Crippen molar-refractivity contribution >= 4 is 5.97 Å². The van der Waals surface area contributed by atoms with E-state index in [1.165, 1.54) is 23.1 Å². The molecule has 0 spiro atoms. The number of ether oxygens (including phenoxy) is 2. The first-order valence-corrected chi connectivity index (χ1v) is 13.1. The monoisotopic (exact) mass is 460 g/mol. The molecule has 1 aliphatic carbocycles. The van der Waals surface area contributed by atoms with E-state index in [2.05, 4.69) is 85.7 Å². The van der Waals surface area contributed by atoms with E-state index in [1.807, 2.05) is 0 Å². The molecule has 5 rings (SSSR count). The van der Waals surface area contributed by atoms with Crippen LogP contribution in [0.4, 0.5) is 0 Å². The minimum absolute atomic E-state index is 0.173. The van der Waals surface area contributed by atoms with E-state index in [0.29, 0.717) is 29.4 Å². The third kappa shape index (κ3) is 3.95. The largest absolute Gasteiger partial charge is 0.488 e. The van der Waals surface area contributed by atoms with Gasteiger partial charge in [-0.3, -0.25) is 4.79 Å². The standard InChI is InChI=1S/C31H40O3/c1-17(2)24-15-30(5,6)14-20-11-19(9-10-21(20)24)28-23-13-27-22(12-26(23)33-29(28)32)25(18(3)4)16-31(7,8)34-27/h9-13,17-18,24-25,28H,14-16H2,1-8H3. The lowest BCUT2D eigenvalue weighted by molar-refractivity contribution is -0.133. The Morgan fingerprint density at radius 2 is 1.47 bits per heavy atom. The molecule has 0 aromatic heterocycles. The van der Waals surface area contributed by atoms with E-state index in [0.717, 1.165) is 29.7 Å². The maximum absolute atomic E-state index is 13.2. The maximum Gasteiger partial charge on any atom is 0.323 e. The number of benzene rings is 2. The van der Waals surface area contributed by atoms with Crippen LogP contribution < -0.4 is 9.47 Å². The predicted molar refractivity (Wildman–Crippen MR) is 137 cm³/mol. The summed E-state index contributed by atoms with van der Waals surface area (Å²) in [5.74, 6) is 3.10. The molecule has 3 aliphatic rings. The molecule has 0 fully saturated rings. The van der Waals surface area contributed by atoms with Crippen molar-refractivity contribution in [3.8, 4) is 11.5 Å². The molecule has 0 saturated heterocycles. The molecule has 0 saturated carbocycles. The maximum atomic E-state index is 13.2. The molecule has 3 unspecified atom stereocenters. The lowest BCUT2D eigenvalue weighted by Crippen LogP contribution is -2.36. The smallest absolute Gasteiger partial charge is 0.323 e. The Labute approximate surface area is 205 Å². The zero-order valence-corrected chi connectivity index (χ0v) is 22.1. The van der Waals surface area contributed by atoms with Gasteiger partial charge in [-0.1, -0.05) is 59.7 Å². The van der Waals surface area contributed by atoms with E-state index >= 15 is 0 Å². The van der Waals surface area contributed by atoms with E-state index in [9.17, 15) is 4.79 Å². The van der Waals surface area contributed by atoms with Crippen LogP contribution >= 0.6 is 0 Å². The summed E-state index contributed by atoms with van der Waals surface area (Å²) in [6.45, 7) is 18.2. The van der Waals surface area contributed by atoms with Crippen molar-refractivity contribution < 1.29 is 14.3 Å². The van der Waals surface area contributed by atoms with Gasteiger partial charge in [-0.25, -0.2) is 0 Å². The molecule has 3 atom stereocenters. The van der Waals surface area contributed by atoms with Crippen LogP contribution in [0.25, 0.3) is 0 Å². The van der Waals surface area contributed by atoms with Crippen molar-refractivity contribution in [2.45, 2.75) is 98.0 Å². The highest BCUT2D eigenvalue weighted by Gasteiger charge is 2.41. The SMILES string of the molecule is CC(C)C1CC(C)(C)Cc2cc(C3C(=O)Oc4cc5c(cc43)OC(C)(C)CC5C(C)C)ccc21. The van der Waals surface area contributed by atoms with Gasteiger partial charge >= 0.3 is 5.97 Å². The Kier molecular flexibility index (Phi) is 5.42. The minimum Gasteiger partial charge on any atom is -0.488 e. The van der Waals surface area contributed by atoms with E-state index in [1.54, 1.807) is 0 Å². The highest BCUT2D eigenvalue weighted by atomic mass is 16.5. The van der Waals surface area contributed by atoms with Crippen LogP contribution in [-0.4, -0.2) is 11.6 Å². The lowest BCUT2D eigenvalue weighted by atomic mass is 9.65. The summed E-state index contributed by atoms with van der Waals surface area (Å²) in [6.07, 6.45) is 3.22. The number of fused-ring (bicyclic) bond motifs is 3. The van der Waals surface area contributed by atoms with Crippen LogP contribution in [0.15, 0.2) is 30.3 Å². The zero-order valence-electron chi connectivity index (χ0n) is 22.1. The Morgan fingerprint density at radius 1 is 0.824 bits per heavy atom. The molecule has 2 aliphatic heterocycles. The lowest BCUT2D eigenvalue weighted by Gasteiger charge is -2.40. The van der Waals surface area contributed by atoms with Crippen molar-refractivity contribution in [3.05, 3.63) is 58.1 Å². The normalized spacial score (nSPS) is 26.5. The number of hydrogen-bond donors (Lipinski definition) is 0. The van der Waals surface area contributed by atoms with Gasteiger partial charge in [-0.2, -0.15) is 0 Å². The van der Waals surface area contributed by atoms with Gasteiger partial charge in [0.05, 0.1) is 0 Å². The quantitative estimate of drug-likeness (QED) is 0.347. The molecule has 0 bridgehead atoms. The highest BCUT2D eigenvalue weighted by molar-refractivity contribution is 5.90. The number of hydrogen-bond acceptors (Lipinski definition) is 3. The van der Waals surface area contributed by atoms with Gasteiger partial charge < -0.3 is 9.47 Å². The molecular formula is C31H40O3. The molecule has 0 N–H and O–H groups in total. The Balaban J connectivity index is 1.58. The van der Waals surface area contributed by atoms with Crippen molar-refractivity contribution in [1.29, 1.82) is 0 Å². The average Bonchev–Trinajstić information content (AvgIpc) is 3.03. The van der Waals surface area contributed by atoms with Gasteiger partial charge in [0.1, 0.15) is 23.0 Å². The Morgan fingerprint density at radius 3 is 2.15 bits per heavy atom. The first-order valence-electron chi connectivity index (χ1n) is 13.1. The Bertz CT molecular complexity index is 1140. The van der Waals surface area contributed by atoms with Gasteiger partial charge in [0.15, 0.2) is 0 Å². The molecule has 3 nitrogen and oxygen atoms in total. The number of rotatable bonds is 3. The fourth-order valence-electron chi connectivity index (χ4n) is 6.68. The summed E-state index contributed by atoms with van der Waals surface area (Å²) in [7, 11) is 0. The third-order valence-corrected chi connectivity index (χ3v) is 8.35. The van der Waals surface area contributed by atoms with Crippen molar-refractivity contribution in [1.82, 2.24) is 0 Å². The average molecular weight is 461 g/mol. The van der Waals surface area contributed by atoms with Crippen LogP contribution in [0.1, 0.15) is 114 Å². The molecule has 0 radical (unpaired) electrons. The zero-order chi connectivity index (χ0) is 24.6. The summed E-state index contributed by atoms with van der Waals surface area (Å²) in [4.78, 5) is 13.2. The van der Waals surface area contributed by atoms with Crippen molar-refractivity contribution in [2.75, 3.05) is 0 Å². The fraction of sp³-hybridized carbons (Fsp3) is 0.581. The molecule has 2 aromatic carbocycles. The topological polar surface area (TPSA) is 35.5 Å². The Hall–Kier alpha value is -2.29. The molecule has 2 heterocycles. The van der Waals surface area contributed by atoms with E-state index in [-0.39, 0.29) is 22.9 Å². The van der Waals surface area contributed by atoms with Crippen LogP contribution in [0.5, 0.6) is 11.5 Å². The van der Waals surface area contributed by atoms with Crippen LogP contribution in [0, 0.1) is 17.3 Å². The van der Waals surface area contributed by atoms with Gasteiger partial charge in [0.2, 0.25) is 0 Å². The minimum atomic E-state index is -0.390. The van der Waals surface area contributed by atoms with Crippen LogP contribution in [0.3, 0.4) is 0 Å². The summed E-state index contributed by atoms with van der Waals surface area (Å²) < 4.78 is 12.3. The predicted octanol–water partition coefficient (Wildman–Crippen LogP) is 7.75. The second-order valence-electron chi connectivity index (χ2n) is 13.1. The first kappa shape index (κ1) is 23.5. The van der Waals surface area contributed by atoms with Crippen LogP contribution in [-0.2, 0) is 11.2 Å². The summed E-state index contributed by atoms with van der Waals surface area (Å²) in [5.41, 5.74) is 6.05. The molecule has 2 aromatic rings. The number of carbonyl (C=O) groups is 1. The number of esters is 1. The van der Waals surface area contributed by atoms with E-state index in [4.69, 9.17) is 9.47 Å². The summed E-state index contributed by atoms with van der Waals surface area (Å²) in [5, 5.41) is 0. The van der Waals surface area contributed by atoms with Crippen molar-refractivity contribution in [2.24, 2.45) is 17.3 Å². The summed E-state index contributed by atoms with van der Waals surface area (Å²) in [6, 6.07) is 10.9. The number of carbonyl (C=O) groups excluding carboxylic acids is 1. The van der Waals surface area contributed by atoms with Gasteiger partial charge in [-0.15, -0.1) is 0 Å². The summed E-state index contributed by atoms with van der Waals surface area (Å²) >= 11 is 0. The molecular weight excluding hydrogens is 420 g/mol. The van der Waals surface area contributed by atoms with Gasteiger partial charge in [0, 0.05) is 11.1 Å². The molecule has 34 heavy (non-hydrogen) atoms. The molecule has 182 valence electrons. The fourth-order valence-corrected chi connectivity index (χ4v) is 6.68.